The lowest BCUT2D eigenvalue weighted by molar-refractivity contribution is 0.103. The zero-order chi connectivity index (χ0) is 13.2. The fourth-order valence-corrected chi connectivity index (χ4v) is 2.96. The van der Waals surface area contributed by atoms with Crippen LogP contribution in [0.5, 0.6) is 0 Å². The Hall–Kier alpha value is -1.72. The summed E-state index contributed by atoms with van der Waals surface area (Å²) in [6, 6.07) is 6.12. The van der Waals surface area contributed by atoms with E-state index in [1.807, 2.05) is 13.0 Å². The summed E-state index contributed by atoms with van der Waals surface area (Å²) in [5.74, 6) is -0.0799. The van der Waals surface area contributed by atoms with Crippen molar-refractivity contribution in [1.29, 1.82) is 0 Å². The number of nitrogens with zero attached hydrogens (tertiary/aromatic N) is 1. The molecule has 0 saturated heterocycles. The van der Waals surface area contributed by atoms with Gasteiger partial charge < -0.3 is 10.6 Å². The number of hydrogen-bond donors (Lipinski definition) is 2. The number of benzene rings is 1. The third-order valence-electron chi connectivity index (χ3n) is 3.30. The molecular formula is C14H15N3OS. The molecule has 0 unspecified atom stereocenters. The SMILES string of the molecule is Cc1ncsc1C(=O)Nc1ccc2c(c1)CNCC2. The zero-order valence-corrected chi connectivity index (χ0v) is 11.5. The van der Waals surface area contributed by atoms with Gasteiger partial charge in [-0.15, -0.1) is 11.3 Å². The molecule has 2 N–H and O–H groups in total. The molecule has 1 amide bonds. The van der Waals surface area contributed by atoms with Crippen LogP contribution in [-0.2, 0) is 13.0 Å². The van der Waals surface area contributed by atoms with Crippen LogP contribution in [0, 0.1) is 6.92 Å². The number of fused-ring (bicyclic) bond motifs is 1. The van der Waals surface area contributed by atoms with E-state index in [0.717, 1.165) is 30.9 Å². The number of rotatable bonds is 2. The summed E-state index contributed by atoms with van der Waals surface area (Å²) in [5.41, 5.74) is 5.96. The van der Waals surface area contributed by atoms with Crippen molar-refractivity contribution in [1.82, 2.24) is 10.3 Å². The molecule has 0 saturated carbocycles. The predicted molar refractivity (Wildman–Crippen MR) is 76.7 cm³/mol. The highest BCUT2D eigenvalue weighted by molar-refractivity contribution is 7.12. The van der Waals surface area contributed by atoms with E-state index in [-0.39, 0.29) is 5.91 Å². The van der Waals surface area contributed by atoms with Crippen molar-refractivity contribution < 1.29 is 4.79 Å². The van der Waals surface area contributed by atoms with Gasteiger partial charge in [0.15, 0.2) is 0 Å². The van der Waals surface area contributed by atoms with Crippen molar-refractivity contribution in [3.8, 4) is 0 Å². The summed E-state index contributed by atoms with van der Waals surface area (Å²) in [4.78, 5) is 16.9. The minimum absolute atomic E-state index is 0.0799. The molecule has 1 aliphatic rings. The maximum atomic E-state index is 12.1. The molecule has 1 aromatic carbocycles. The first kappa shape index (κ1) is 12.3. The summed E-state index contributed by atoms with van der Waals surface area (Å²) in [5, 5.41) is 6.28. The van der Waals surface area contributed by atoms with Crippen LogP contribution in [0.1, 0.15) is 26.5 Å². The Morgan fingerprint density at radius 1 is 1.42 bits per heavy atom. The highest BCUT2D eigenvalue weighted by Crippen LogP contribution is 2.20. The largest absolute Gasteiger partial charge is 0.321 e. The number of aromatic nitrogens is 1. The van der Waals surface area contributed by atoms with Crippen molar-refractivity contribution in [2.45, 2.75) is 19.9 Å². The molecule has 19 heavy (non-hydrogen) atoms. The second-order valence-corrected chi connectivity index (χ2v) is 5.49. The van der Waals surface area contributed by atoms with Gasteiger partial charge in [-0.2, -0.15) is 0 Å². The number of thiazole rings is 1. The fraction of sp³-hybridized carbons (Fsp3) is 0.286. The minimum atomic E-state index is -0.0799. The van der Waals surface area contributed by atoms with Crippen LogP contribution in [-0.4, -0.2) is 17.4 Å². The molecule has 3 rings (SSSR count). The standard InChI is InChI=1S/C14H15N3OS/c1-9-13(19-8-16-9)14(18)17-12-3-2-10-4-5-15-7-11(10)6-12/h2-3,6,8,15H,4-5,7H2,1H3,(H,17,18). The van der Waals surface area contributed by atoms with Gasteiger partial charge in [-0.25, -0.2) is 4.98 Å². The molecule has 98 valence electrons. The first-order valence-electron chi connectivity index (χ1n) is 6.28. The monoisotopic (exact) mass is 273 g/mol. The molecular weight excluding hydrogens is 258 g/mol. The third-order valence-corrected chi connectivity index (χ3v) is 4.23. The van der Waals surface area contributed by atoms with Crippen molar-refractivity contribution in [2.24, 2.45) is 0 Å². The van der Waals surface area contributed by atoms with E-state index in [1.165, 1.54) is 22.5 Å². The maximum Gasteiger partial charge on any atom is 0.267 e. The molecule has 1 aliphatic heterocycles. The molecule has 0 radical (unpaired) electrons. The maximum absolute atomic E-state index is 12.1. The summed E-state index contributed by atoms with van der Waals surface area (Å²) >= 11 is 1.37. The van der Waals surface area contributed by atoms with Crippen LogP contribution >= 0.6 is 11.3 Å². The second kappa shape index (κ2) is 5.11. The Bertz CT molecular complexity index is 621. The van der Waals surface area contributed by atoms with E-state index in [1.54, 1.807) is 5.51 Å². The van der Waals surface area contributed by atoms with Crippen molar-refractivity contribution in [3.05, 3.63) is 45.4 Å². The fourth-order valence-electron chi connectivity index (χ4n) is 2.27. The van der Waals surface area contributed by atoms with E-state index >= 15 is 0 Å². The Balaban J connectivity index is 1.80. The lowest BCUT2D eigenvalue weighted by atomic mass is 10.0. The van der Waals surface area contributed by atoms with Crippen LogP contribution in [0.25, 0.3) is 0 Å². The van der Waals surface area contributed by atoms with Crippen molar-refractivity contribution >= 4 is 22.9 Å². The average Bonchev–Trinajstić information content (AvgIpc) is 2.85. The number of aryl methyl sites for hydroxylation is 1. The van der Waals surface area contributed by atoms with Gasteiger partial charge in [-0.3, -0.25) is 4.79 Å². The van der Waals surface area contributed by atoms with Crippen molar-refractivity contribution in [2.75, 3.05) is 11.9 Å². The molecule has 1 aromatic heterocycles. The Labute approximate surface area is 115 Å². The molecule has 0 aliphatic carbocycles. The first-order chi connectivity index (χ1) is 9.24. The number of hydrogen-bond acceptors (Lipinski definition) is 4. The summed E-state index contributed by atoms with van der Waals surface area (Å²) in [6.45, 7) is 3.75. The molecule has 0 spiro atoms. The summed E-state index contributed by atoms with van der Waals surface area (Å²) < 4.78 is 0. The van der Waals surface area contributed by atoms with Crippen LogP contribution < -0.4 is 10.6 Å². The topological polar surface area (TPSA) is 54.0 Å². The zero-order valence-electron chi connectivity index (χ0n) is 10.7. The van der Waals surface area contributed by atoms with Gasteiger partial charge in [0.25, 0.3) is 5.91 Å². The van der Waals surface area contributed by atoms with E-state index in [4.69, 9.17) is 0 Å². The van der Waals surface area contributed by atoms with Gasteiger partial charge in [-0.1, -0.05) is 6.07 Å². The molecule has 0 fully saturated rings. The van der Waals surface area contributed by atoms with Gasteiger partial charge in [0, 0.05) is 12.2 Å². The van der Waals surface area contributed by atoms with E-state index in [0.29, 0.717) is 4.88 Å². The van der Waals surface area contributed by atoms with Gasteiger partial charge in [0.1, 0.15) is 4.88 Å². The number of amides is 1. The van der Waals surface area contributed by atoms with Crippen LogP contribution in [0.3, 0.4) is 0 Å². The molecule has 0 bridgehead atoms. The minimum Gasteiger partial charge on any atom is -0.321 e. The molecule has 5 heteroatoms. The molecule has 0 atom stereocenters. The van der Waals surface area contributed by atoms with Crippen LogP contribution in [0.15, 0.2) is 23.7 Å². The Morgan fingerprint density at radius 2 is 2.32 bits per heavy atom. The lowest BCUT2D eigenvalue weighted by Gasteiger charge is -2.18. The number of carbonyl (C=O) groups is 1. The smallest absolute Gasteiger partial charge is 0.267 e. The van der Waals surface area contributed by atoms with Crippen molar-refractivity contribution in [3.63, 3.8) is 0 Å². The average molecular weight is 273 g/mol. The Kier molecular flexibility index (Phi) is 3.31. The highest BCUT2D eigenvalue weighted by atomic mass is 32.1. The molecule has 2 heterocycles. The van der Waals surface area contributed by atoms with Crippen LogP contribution in [0.2, 0.25) is 0 Å². The van der Waals surface area contributed by atoms with Gasteiger partial charge in [0.2, 0.25) is 0 Å². The molecule has 4 nitrogen and oxygen atoms in total. The normalized spacial score (nSPS) is 13.9. The second-order valence-electron chi connectivity index (χ2n) is 4.63. The molecule has 2 aromatic rings. The highest BCUT2D eigenvalue weighted by Gasteiger charge is 2.13. The quantitative estimate of drug-likeness (QED) is 0.883. The lowest BCUT2D eigenvalue weighted by Crippen LogP contribution is -2.23. The van der Waals surface area contributed by atoms with Gasteiger partial charge in [0.05, 0.1) is 11.2 Å². The van der Waals surface area contributed by atoms with E-state index in [9.17, 15) is 4.79 Å². The van der Waals surface area contributed by atoms with E-state index in [2.05, 4.69) is 27.8 Å². The number of anilines is 1. The third kappa shape index (κ3) is 2.52. The number of carbonyl (C=O) groups excluding carboxylic acids is 1. The first-order valence-corrected chi connectivity index (χ1v) is 7.16. The summed E-state index contributed by atoms with van der Waals surface area (Å²) in [7, 11) is 0. The number of nitrogens with one attached hydrogen (secondary N) is 2. The van der Waals surface area contributed by atoms with E-state index < -0.39 is 0 Å². The predicted octanol–water partition coefficient (Wildman–Crippen LogP) is 2.35. The Morgan fingerprint density at radius 3 is 3.11 bits per heavy atom. The van der Waals surface area contributed by atoms with Gasteiger partial charge >= 0.3 is 0 Å². The van der Waals surface area contributed by atoms with Crippen LogP contribution in [0.4, 0.5) is 5.69 Å². The van der Waals surface area contributed by atoms with Gasteiger partial charge in [-0.05, 0) is 43.1 Å². The summed E-state index contributed by atoms with van der Waals surface area (Å²) in [6.07, 6.45) is 1.05.